The van der Waals surface area contributed by atoms with E-state index in [0.29, 0.717) is 17.3 Å². The molecule has 5 heteroatoms. The van der Waals surface area contributed by atoms with Gasteiger partial charge in [-0.15, -0.1) is 0 Å². The van der Waals surface area contributed by atoms with Gasteiger partial charge in [0.1, 0.15) is 6.10 Å². The molecule has 0 bridgehead atoms. The van der Waals surface area contributed by atoms with E-state index in [4.69, 9.17) is 0 Å². The lowest BCUT2D eigenvalue weighted by molar-refractivity contribution is -0.432. The van der Waals surface area contributed by atoms with Crippen molar-refractivity contribution in [2.45, 2.75) is 89.8 Å². The van der Waals surface area contributed by atoms with Gasteiger partial charge in [-0.2, -0.15) is 0 Å². The van der Waals surface area contributed by atoms with Crippen molar-refractivity contribution in [1.29, 1.82) is 0 Å². The van der Waals surface area contributed by atoms with Gasteiger partial charge in [0.15, 0.2) is 0 Å². The smallest absolute Gasteiger partial charge is 0.245 e. The number of fused-ring (bicyclic) bond motifs is 5. The molecule has 0 heterocycles. The number of aliphatic hydroxyl groups is 5. The van der Waals surface area contributed by atoms with Crippen LogP contribution in [0.1, 0.15) is 72.1 Å². The van der Waals surface area contributed by atoms with Gasteiger partial charge in [-0.1, -0.05) is 27.2 Å². The summed E-state index contributed by atoms with van der Waals surface area (Å²) in [4.78, 5) is 0. The Labute approximate surface area is 156 Å². The van der Waals surface area contributed by atoms with Gasteiger partial charge in [-0.3, -0.25) is 0 Å². The summed E-state index contributed by atoms with van der Waals surface area (Å²) in [6.07, 6.45) is 6.08. The molecule has 0 saturated heterocycles. The van der Waals surface area contributed by atoms with E-state index >= 15 is 0 Å². The van der Waals surface area contributed by atoms with Gasteiger partial charge in [0.05, 0.1) is 0 Å². The predicted molar refractivity (Wildman–Crippen MR) is 96.6 cm³/mol. The molecule has 4 aliphatic carbocycles. The average Bonchev–Trinajstić information content (AvgIpc) is 2.91. The van der Waals surface area contributed by atoms with Crippen LogP contribution < -0.4 is 0 Å². The summed E-state index contributed by atoms with van der Waals surface area (Å²) in [6, 6.07) is 0. The molecule has 5 N–H and O–H groups in total. The Morgan fingerprint density at radius 3 is 2.23 bits per heavy atom. The van der Waals surface area contributed by atoms with E-state index in [0.717, 1.165) is 31.6 Å². The third-order valence-electron chi connectivity index (χ3n) is 9.74. The Hall–Kier alpha value is -0.200. The summed E-state index contributed by atoms with van der Waals surface area (Å²) in [7, 11) is 0. The second-order valence-electron chi connectivity index (χ2n) is 10.4. The summed E-state index contributed by atoms with van der Waals surface area (Å²) >= 11 is 0. The van der Waals surface area contributed by atoms with Crippen LogP contribution in [0.3, 0.4) is 0 Å². The third kappa shape index (κ3) is 2.15. The molecule has 8 atom stereocenters. The van der Waals surface area contributed by atoms with Crippen LogP contribution in [0.5, 0.6) is 0 Å². The number of rotatable bonds is 1. The molecule has 0 spiro atoms. The van der Waals surface area contributed by atoms with Crippen molar-refractivity contribution in [1.82, 2.24) is 0 Å². The molecule has 4 rings (SSSR count). The molecule has 0 aromatic rings. The molecule has 4 saturated carbocycles. The van der Waals surface area contributed by atoms with Crippen molar-refractivity contribution in [3.05, 3.63) is 0 Å². The van der Waals surface area contributed by atoms with Crippen LogP contribution in [0.4, 0.5) is 0 Å². The molecular weight excluding hydrogens is 332 g/mol. The minimum absolute atomic E-state index is 0.0870. The SMILES string of the molecule is CC[C@H]1CC[C@H]2[C@@H]3CCC4CC(O)(O)C(O)(O)C(O)[C@]4(C)[C@H]3CC[C@]12C. The van der Waals surface area contributed by atoms with E-state index in [-0.39, 0.29) is 18.3 Å². The zero-order valence-corrected chi connectivity index (χ0v) is 16.4. The molecule has 0 radical (unpaired) electrons. The van der Waals surface area contributed by atoms with Crippen LogP contribution in [0, 0.1) is 40.4 Å². The van der Waals surface area contributed by atoms with E-state index in [1.165, 1.54) is 19.3 Å². The van der Waals surface area contributed by atoms with Crippen molar-refractivity contribution in [2.75, 3.05) is 0 Å². The fraction of sp³-hybridized carbons (Fsp3) is 1.00. The van der Waals surface area contributed by atoms with Crippen LogP contribution in [0.15, 0.2) is 0 Å². The topological polar surface area (TPSA) is 101 Å². The molecule has 0 aliphatic heterocycles. The minimum atomic E-state index is -2.89. The van der Waals surface area contributed by atoms with Gasteiger partial charge in [0.25, 0.3) is 0 Å². The second kappa shape index (κ2) is 5.66. The summed E-state index contributed by atoms with van der Waals surface area (Å²) in [5.74, 6) is -3.54. The summed E-state index contributed by atoms with van der Waals surface area (Å²) in [6.45, 7) is 6.71. The largest absolute Gasteiger partial charge is 0.387 e. The predicted octanol–water partition coefficient (Wildman–Crippen LogP) is 2.00. The van der Waals surface area contributed by atoms with Gasteiger partial charge in [-0.25, -0.2) is 0 Å². The normalized spacial score (nSPS) is 54.9. The fourth-order valence-electron chi connectivity index (χ4n) is 8.14. The first kappa shape index (κ1) is 19.1. The van der Waals surface area contributed by atoms with Crippen molar-refractivity contribution in [2.24, 2.45) is 40.4 Å². The monoisotopic (exact) mass is 368 g/mol. The number of hydrogen-bond donors (Lipinski definition) is 5. The van der Waals surface area contributed by atoms with E-state index in [9.17, 15) is 25.5 Å². The van der Waals surface area contributed by atoms with Gasteiger partial charge in [0, 0.05) is 11.8 Å². The van der Waals surface area contributed by atoms with Crippen LogP contribution in [0.25, 0.3) is 0 Å². The van der Waals surface area contributed by atoms with Crippen molar-refractivity contribution in [3.8, 4) is 0 Å². The third-order valence-corrected chi connectivity index (χ3v) is 9.74. The van der Waals surface area contributed by atoms with Gasteiger partial charge in [-0.05, 0) is 73.5 Å². The molecule has 2 unspecified atom stereocenters. The Bertz CT molecular complexity index is 575. The molecule has 5 nitrogen and oxygen atoms in total. The second-order valence-corrected chi connectivity index (χ2v) is 10.4. The molecule has 0 amide bonds. The highest BCUT2D eigenvalue weighted by molar-refractivity contribution is 5.15. The maximum absolute atomic E-state index is 10.9. The fourth-order valence-corrected chi connectivity index (χ4v) is 8.14. The van der Waals surface area contributed by atoms with Crippen molar-refractivity contribution in [3.63, 3.8) is 0 Å². The van der Waals surface area contributed by atoms with Crippen LogP contribution >= 0.6 is 0 Å². The molecular formula is C21H36O5. The first-order valence-corrected chi connectivity index (χ1v) is 10.6. The highest BCUT2D eigenvalue weighted by atomic mass is 16.6. The van der Waals surface area contributed by atoms with Crippen molar-refractivity contribution < 1.29 is 25.5 Å². The van der Waals surface area contributed by atoms with Gasteiger partial charge in [0.2, 0.25) is 11.6 Å². The molecule has 0 aromatic heterocycles. The lowest BCUT2D eigenvalue weighted by atomic mass is 9.43. The molecule has 4 fully saturated rings. The van der Waals surface area contributed by atoms with Gasteiger partial charge < -0.3 is 25.5 Å². The Morgan fingerprint density at radius 1 is 0.885 bits per heavy atom. The highest BCUT2D eigenvalue weighted by Gasteiger charge is 2.70. The first-order valence-electron chi connectivity index (χ1n) is 10.6. The minimum Gasteiger partial charge on any atom is -0.387 e. The van der Waals surface area contributed by atoms with E-state index in [2.05, 4.69) is 13.8 Å². The van der Waals surface area contributed by atoms with Crippen LogP contribution in [-0.2, 0) is 0 Å². The van der Waals surface area contributed by atoms with Crippen LogP contribution in [-0.4, -0.2) is 43.2 Å². The first-order chi connectivity index (χ1) is 12.0. The maximum Gasteiger partial charge on any atom is 0.245 e. The molecule has 4 aliphatic rings. The zero-order valence-electron chi connectivity index (χ0n) is 16.4. The summed E-state index contributed by atoms with van der Waals surface area (Å²) < 4.78 is 0. The maximum atomic E-state index is 10.9. The number of aliphatic hydroxyl groups excluding tert-OH is 1. The summed E-state index contributed by atoms with van der Waals surface area (Å²) in [5, 5.41) is 52.1. The zero-order chi connectivity index (χ0) is 19.1. The Balaban J connectivity index is 1.69. The lowest BCUT2D eigenvalue weighted by Crippen LogP contribution is -2.74. The van der Waals surface area contributed by atoms with E-state index in [1.807, 2.05) is 6.92 Å². The standard InChI is InChI=1S/C21H36O5/c1-4-12-6-8-15-14-7-5-13-11-20(23,24)21(25,26)17(22)19(13,3)16(14)9-10-18(12,15)2/h12-17,22-26H,4-11H2,1-3H3/t12-,13?,14-,15-,16-,17?,18+,19-/m0/s1. The van der Waals surface area contributed by atoms with Crippen LogP contribution in [0.2, 0.25) is 0 Å². The molecule has 26 heavy (non-hydrogen) atoms. The van der Waals surface area contributed by atoms with E-state index < -0.39 is 23.1 Å². The Morgan fingerprint density at radius 2 is 1.58 bits per heavy atom. The average molecular weight is 369 g/mol. The summed E-state index contributed by atoms with van der Waals surface area (Å²) in [5.41, 5.74) is -0.320. The Kier molecular flexibility index (Phi) is 4.17. The van der Waals surface area contributed by atoms with Gasteiger partial charge >= 0.3 is 0 Å². The quantitative estimate of drug-likeness (QED) is 0.456. The number of hydrogen-bond acceptors (Lipinski definition) is 5. The highest BCUT2D eigenvalue weighted by Crippen LogP contribution is 2.68. The van der Waals surface area contributed by atoms with E-state index in [1.54, 1.807) is 0 Å². The lowest BCUT2D eigenvalue weighted by Gasteiger charge is -2.65. The van der Waals surface area contributed by atoms with Crippen molar-refractivity contribution >= 4 is 0 Å². The molecule has 150 valence electrons. The molecule has 0 aromatic carbocycles.